The molecule has 1 aromatic rings. The van der Waals surface area contributed by atoms with Crippen LogP contribution in [0.1, 0.15) is 13.3 Å². The van der Waals surface area contributed by atoms with Crippen LogP contribution in [0.3, 0.4) is 0 Å². The molecule has 0 aromatic heterocycles. The first-order valence-corrected chi connectivity index (χ1v) is 8.71. The zero-order valence-corrected chi connectivity index (χ0v) is 15.8. The third-order valence-electron chi connectivity index (χ3n) is 4.86. The summed E-state index contributed by atoms with van der Waals surface area (Å²) in [6.07, 6.45) is 0.584. The van der Waals surface area contributed by atoms with Crippen LogP contribution in [0.2, 0.25) is 0 Å². The Morgan fingerprint density at radius 2 is 1.80 bits per heavy atom. The fraction of sp³-hybridized carbons (Fsp3) is 0.611. The van der Waals surface area contributed by atoms with Gasteiger partial charge in [-0.2, -0.15) is 0 Å². The van der Waals surface area contributed by atoms with Gasteiger partial charge in [0, 0.05) is 45.3 Å². The quantitative estimate of drug-likeness (QED) is 0.850. The molecule has 1 N–H and O–H groups in total. The number of rotatable bonds is 5. The van der Waals surface area contributed by atoms with Crippen LogP contribution in [0.15, 0.2) is 24.3 Å². The number of ether oxygens (including phenoxy) is 2. The van der Waals surface area contributed by atoms with E-state index in [2.05, 4.69) is 10.2 Å². The smallest absolute Gasteiger partial charge is 0.263 e. The summed E-state index contributed by atoms with van der Waals surface area (Å²) in [6.45, 7) is 7.70. The van der Waals surface area contributed by atoms with Gasteiger partial charge in [0.05, 0.1) is 7.11 Å². The molecule has 3 rings (SSSR count). The molecule has 140 valence electrons. The van der Waals surface area contributed by atoms with Gasteiger partial charge in [-0.05, 0) is 37.6 Å². The van der Waals surface area contributed by atoms with Gasteiger partial charge in [0.15, 0.2) is 6.10 Å². The van der Waals surface area contributed by atoms with Gasteiger partial charge in [0.2, 0.25) is 0 Å². The molecule has 2 unspecified atom stereocenters. The summed E-state index contributed by atoms with van der Waals surface area (Å²) in [6, 6.07) is 7.82. The molecule has 2 saturated heterocycles. The summed E-state index contributed by atoms with van der Waals surface area (Å²) < 4.78 is 10.9. The SMILES string of the molecule is COc1ccc(OC(C)C(=O)N2CCC(N3CCNCC3)C2)cc1.Cl. The fourth-order valence-corrected chi connectivity index (χ4v) is 3.45. The molecule has 1 aromatic carbocycles. The Hall–Kier alpha value is -1.50. The number of piperazine rings is 1. The largest absolute Gasteiger partial charge is 0.497 e. The zero-order valence-electron chi connectivity index (χ0n) is 14.9. The summed E-state index contributed by atoms with van der Waals surface area (Å²) in [5.74, 6) is 1.54. The molecule has 2 aliphatic heterocycles. The maximum absolute atomic E-state index is 12.6. The van der Waals surface area contributed by atoms with Crippen molar-refractivity contribution in [3.8, 4) is 11.5 Å². The van der Waals surface area contributed by atoms with E-state index in [1.807, 2.05) is 36.1 Å². The van der Waals surface area contributed by atoms with Crippen molar-refractivity contribution in [2.75, 3.05) is 46.4 Å². The number of likely N-dealkylation sites (tertiary alicyclic amines) is 1. The molecule has 7 heteroatoms. The van der Waals surface area contributed by atoms with E-state index in [0.717, 1.165) is 51.4 Å². The molecule has 6 nitrogen and oxygen atoms in total. The van der Waals surface area contributed by atoms with Crippen molar-refractivity contribution in [1.29, 1.82) is 0 Å². The number of nitrogens with zero attached hydrogens (tertiary/aromatic N) is 2. The predicted octanol–water partition coefficient (Wildman–Crippen LogP) is 1.39. The minimum atomic E-state index is -0.472. The maximum Gasteiger partial charge on any atom is 0.263 e. The van der Waals surface area contributed by atoms with Gasteiger partial charge < -0.3 is 19.7 Å². The minimum Gasteiger partial charge on any atom is -0.497 e. The molecule has 2 atom stereocenters. The Bertz CT molecular complexity index is 549. The highest BCUT2D eigenvalue weighted by Crippen LogP contribution is 2.21. The van der Waals surface area contributed by atoms with Crippen LogP contribution >= 0.6 is 12.4 Å². The van der Waals surface area contributed by atoms with Crippen molar-refractivity contribution < 1.29 is 14.3 Å². The van der Waals surface area contributed by atoms with Crippen LogP contribution in [-0.4, -0.2) is 74.2 Å². The van der Waals surface area contributed by atoms with Crippen molar-refractivity contribution in [2.24, 2.45) is 0 Å². The fourth-order valence-electron chi connectivity index (χ4n) is 3.45. The van der Waals surface area contributed by atoms with E-state index in [-0.39, 0.29) is 18.3 Å². The van der Waals surface area contributed by atoms with Crippen LogP contribution in [0, 0.1) is 0 Å². The number of benzene rings is 1. The number of amides is 1. The molecule has 2 aliphatic rings. The second-order valence-electron chi connectivity index (χ2n) is 6.45. The molecular formula is C18H28ClN3O3. The van der Waals surface area contributed by atoms with E-state index >= 15 is 0 Å². The van der Waals surface area contributed by atoms with E-state index in [0.29, 0.717) is 11.8 Å². The van der Waals surface area contributed by atoms with E-state index < -0.39 is 6.10 Å². The molecular weight excluding hydrogens is 342 g/mol. The predicted molar refractivity (Wildman–Crippen MR) is 99.8 cm³/mol. The molecule has 0 radical (unpaired) electrons. The molecule has 25 heavy (non-hydrogen) atoms. The number of hydrogen-bond acceptors (Lipinski definition) is 5. The highest BCUT2D eigenvalue weighted by Gasteiger charge is 2.33. The van der Waals surface area contributed by atoms with Crippen LogP contribution in [0.4, 0.5) is 0 Å². The summed E-state index contributed by atoms with van der Waals surface area (Å²) in [5.41, 5.74) is 0. The average Bonchev–Trinajstić information content (AvgIpc) is 3.12. The zero-order chi connectivity index (χ0) is 16.9. The Kier molecular flexibility index (Phi) is 7.35. The van der Waals surface area contributed by atoms with Crippen molar-refractivity contribution in [3.63, 3.8) is 0 Å². The van der Waals surface area contributed by atoms with Gasteiger partial charge in [0.1, 0.15) is 11.5 Å². The summed E-state index contributed by atoms with van der Waals surface area (Å²) in [7, 11) is 1.63. The third kappa shape index (κ3) is 5.00. The van der Waals surface area contributed by atoms with Gasteiger partial charge >= 0.3 is 0 Å². The maximum atomic E-state index is 12.6. The molecule has 0 aliphatic carbocycles. The summed E-state index contributed by atoms with van der Waals surface area (Å²) >= 11 is 0. The van der Waals surface area contributed by atoms with Crippen LogP contribution in [-0.2, 0) is 4.79 Å². The number of carbonyl (C=O) groups excluding carboxylic acids is 1. The van der Waals surface area contributed by atoms with Crippen LogP contribution in [0.25, 0.3) is 0 Å². The van der Waals surface area contributed by atoms with Crippen molar-refractivity contribution in [1.82, 2.24) is 15.1 Å². The lowest BCUT2D eigenvalue weighted by Crippen LogP contribution is -2.50. The standard InChI is InChI=1S/C18H27N3O3.ClH/c1-14(24-17-5-3-16(23-2)4-6-17)18(22)21-10-7-15(13-21)20-11-8-19-9-12-20;/h3-6,14-15,19H,7-13H2,1-2H3;1H. The van der Waals surface area contributed by atoms with Crippen molar-refractivity contribution in [2.45, 2.75) is 25.5 Å². The topological polar surface area (TPSA) is 54.0 Å². The molecule has 1 amide bonds. The third-order valence-corrected chi connectivity index (χ3v) is 4.86. The van der Waals surface area contributed by atoms with Crippen molar-refractivity contribution in [3.05, 3.63) is 24.3 Å². The van der Waals surface area contributed by atoms with E-state index in [4.69, 9.17) is 9.47 Å². The first kappa shape index (κ1) is 19.8. The Balaban J connectivity index is 0.00000225. The van der Waals surface area contributed by atoms with E-state index in [1.165, 1.54) is 0 Å². The number of halogens is 1. The molecule has 0 saturated carbocycles. The Labute approximate surface area is 155 Å². The van der Waals surface area contributed by atoms with Gasteiger partial charge in [-0.15, -0.1) is 12.4 Å². The van der Waals surface area contributed by atoms with Crippen molar-refractivity contribution >= 4 is 18.3 Å². The molecule has 0 bridgehead atoms. The van der Waals surface area contributed by atoms with Crippen LogP contribution < -0.4 is 14.8 Å². The molecule has 2 fully saturated rings. The summed E-state index contributed by atoms with van der Waals surface area (Å²) in [5, 5.41) is 3.37. The van der Waals surface area contributed by atoms with Gasteiger partial charge in [0.25, 0.3) is 5.91 Å². The lowest BCUT2D eigenvalue weighted by molar-refractivity contribution is -0.137. The van der Waals surface area contributed by atoms with E-state index in [9.17, 15) is 4.79 Å². The second-order valence-corrected chi connectivity index (χ2v) is 6.45. The highest BCUT2D eigenvalue weighted by molar-refractivity contribution is 5.85. The van der Waals surface area contributed by atoms with Crippen LogP contribution in [0.5, 0.6) is 11.5 Å². The van der Waals surface area contributed by atoms with Gasteiger partial charge in [-0.3, -0.25) is 9.69 Å². The lowest BCUT2D eigenvalue weighted by Gasteiger charge is -2.32. The number of methoxy groups -OCH3 is 1. The number of nitrogens with one attached hydrogen (secondary N) is 1. The number of carbonyl (C=O) groups is 1. The lowest BCUT2D eigenvalue weighted by atomic mass is 10.2. The minimum absolute atomic E-state index is 0. The molecule has 0 spiro atoms. The first-order valence-electron chi connectivity index (χ1n) is 8.71. The van der Waals surface area contributed by atoms with E-state index in [1.54, 1.807) is 7.11 Å². The second kappa shape index (κ2) is 9.27. The monoisotopic (exact) mass is 369 g/mol. The normalized spacial score (nSPS) is 22.2. The highest BCUT2D eigenvalue weighted by atomic mass is 35.5. The Morgan fingerprint density at radius 1 is 1.16 bits per heavy atom. The van der Waals surface area contributed by atoms with Gasteiger partial charge in [-0.25, -0.2) is 0 Å². The molecule has 2 heterocycles. The summed E-state index contributed by atoms with van der Waals surface area (Å²) in [4.78, 5) is 17.1. The number of hydrogen-bond donors (Lipinski definition) is 1. The first-order chi connectivity index (χ1) is 11.7. The van der Waals surface area contributed by atoms with Gasteiger partial charge in [-0.1, -0.05) is 0 Å². The average molecular weight is 370 g/mol. The Morgan fingerprint density at radius 3 is 2.44 bits per heavy atom.